The molecule has 138 valence electrons. The number of H-pyrrole nitrogens is 2. The molecule has 0 atom stereocenters. The first-order valence-electron chi connectivity index (χ1n) is 9.71. The van der Waals surface area contributed by atoms with Crippen LogP contribution in [-0.2, 0) is 12.8 Å². The van der Waals surface area contributed by atoms with Crippen LogP contribution < -0.4 is 10.6 Å². The zero-order valence-corrected chi connectivity index (χ0v) is 15.4. The summed E-state index contributed by atoms with van der Waals surface area (Å²) in [5.74, 6) is 0.00692. The highest BCUT2D eigenvalue weighted by Crippen LogP contribution is 2.40. The molecular weight excluding hydrogens is 348 g/mol. The van der Waals surface area contributed by atoms with Gasteiger partial charge in [0.15, 0.2) is 0 Å². The molecule has 2 aliphatic rings. The number of nitrogens with one attached hydrogen (secondary N) is 4. The third kappa shape index (κ3) is 1.99. The molecule has 4 heterocycles. The van der Waals surface area contributed by atoms with Crippen LogP contribution in [0, 0.1) is 0 Å². The van der Waals surface area contributed by atoms with E-state index in [0.717, 1.165) is 64.0 Å². The van der Waals surface area contributed by atoms with Crippen molar-refractivity contribution in [1.29, 1.82) is 0 Å². The number of hydrogen-bond donors (Lipinski definition) is 4. The Morgan fingerprint density at radius 3 is 2.00 bits per heavy atom. The molecule has 2 aromatic heterocycles. The summed E-state index contributed by atoms with van der Waals surface area (Å²) in [5.41, 5.74) is 9.78. The normalized spacial score (nSPS) is 16.0. The van der Waals surface area contributed by atoms with Gasteiger partial charge in [-0.05, 0) is 42.2 Å². The van der Waals surface area contributed by atoms with Gasteiger partial charge in [0.1, 0.15) is 0 Å². The number of carbonyl (C=O) groups excluding carboxylic acids is 1. The predicted octanol–water partition coefficient (Wildman–Crippen LogP) is 3.72. The maximum absolute atomic E-state index is 12.5. The van der Waals surface area contributed by atoms with E-state index in [0.29, 0.717) is 6.54 Å². The monoisotopic (exact) mass is 368 g/mol. The number of hydrogen-bond acceptors (Lipinski definition) is 2. The summed E-state index contributed by atoms with van der Waals surface area (Å²) in [6, 6.07) is 12.2. The van der Waals surface area contributed by atoms with E-state index in [1.54, 1.807) is 0 Å². The van der Waals surface area contributed by atoms with Crippen LogP contribution in [-0.4, -0.2) is 29.0 Å². The molecule has 28 heavy (non-hydrogen) atoms. The third-order valence-corrected chi connectivity index (χ3v) is 6.05. The lowest BCUT2D eigenvalue weighted by Gasteiger charge is -2.07. The van der Waals surface area contributed by atoms with Gasteiger partial charge in [0.05, 0.1) is 11.4 Å². The summed E-state index contributed by atoms with van der Waals surface area (Å²) in [4.78, 5) is 19.8. The lowest BCUT2D eigenvalue weighted by atomic mass is 9.98. The molecule has 0 bridgehead atoms. The van der Waals surface area contributed by atoms with Crippen molar-refractivity contribution >= 4 is 33.4 Å². The Kier molecular flexibility index (Phi) is 3.07. The molecule has 0 unspecified atom stereocenters. The number of benzene rings is 2. The van der Waals surface area contributed by atoms with Gasteiger partial charge >= 0.3 is 0 Å². The first-order valence-corrected chi connectivity index (χ1v) is 9.71. The topological polar surface area (TPSA) is 72.7 Å². The molecule has 2 aliphatic heterocycles. The van der Waals surface area contributed by atoms with Crippen LogP contribution in [0.25, 0.3) is 38.9 Å². The average Bonchev–Trinajstić information content (AvgIpc) is 3.13. The summed E-state index contributed by atoms with van der Waals surface area (Å²) in [7, 11) is 0. The molecule has 6 rings (SSSR count). The maximum atomic E-state index is 12.5. The zero-order chi connectivity index (χ0) is 18.8. The summed E-state index contributed by atoms with van der Waals surface area (Å²) < 4.78 is 0. The van der Waals surface area contributed by atoms with Gasteiger partial charge in [-0.3, -0.25) is 4.79 Å². The minimum absolute atomic E-state index is 0.00692. The standard InChI is InChI=1S/C23H20N4O/c1-12-13-4-2-6-17-19(13)14(8-10-24-12)21(26-17)22-15-9-11-25-23(28)16-5-3-7-18(27-22)20(15)16/h2-7,24,26-27H,1,8-11H2,(H,25,28). The van der Waals surface area contributed by atoms with Crippen molar-refractivity contribution in [2.75, 3.05) is 13.1 Å². The smallest absolute Gasteiger partial charge is 0.251 e. The van der Waals surface area contributed by atoms with E-state index < -0.39 is 0 Å². The van der Waals surface area contributed by atoms with Crippen molar-refractivity contribution in [2.45, 2.75) is 12.8 Å². The summed E-state index contributed by atoms with van der Waals surface area (Å²) in [6.45, 7) is 5.71. The first-order chi connectivity index (χ1) is 13.7. The van der Waals surface area contributed by atoms with Crippen LogP contribution in [0.4, 0.5) is 0 Å². The highest BCUT2D eigenvalue weighted by atomic mass is 16.1. The molecule has 2 aromatic carbocycles. The second-order valence-electron chi connectivity index (χ2n) is 7.57. The van der Waals surface area contributed by atoms with Crippen LogP contribution >= 0.6 is 0 Å². The van der Waals surface area contributed by atoms with Gasteiger partial charge in [0, 0.05) is 51.7 Å². The molecule has 0 spiro atoms. The highest BCUT2D eigenvalue weighted by molar-refractivity contribution is 6.10. The lowest BCUT2D eigenvalue weighted by Crippen LogP contribution is -2.23. The van der Waals surface area contributed by atoms with Gasteiger partial charge in [-0.2, -0.15) is 0 Å². The molecule has 0 radical (unpaired) electrons. The molecule has 0 fully saturated rings. The van der Waals surface area contributed by atoms with E-state index >= 15 is 0 Å². The Bertz CT molecular complexity index is 1210. The second-order valence-corrected chi connectivity index (χ2v) is 7.57. The van der Waals surface area contributed by atoms with E-state index in [9.17, 15) is 4.79 Å². The highest BCUT2D eigenvalue weighted by Gasteiger charge is 2.26. The molecule has 5 heteroatoms. The van der Waals surface area contributed by atoms with E-state index in [1.165, 1.54) is 16.5 Å². The lowest BCUT2D eigenvalue weighted by molar-refractivity contribution is 0.0957. The van der Waals surface area contributed by atoms with Gasteiger partial charge in [0.25, 0.3) is 5.91 Å². The molecule has 4 N–H and O–H groups in total. The molecule has 0 saturated heterocycles. The number of carbonyl (C=O) groups is 1. The fourth-order valence-corrected chi connectivity index (χ4v) is 4.83. The fourth-order valence-electron chi connectivity index (χ4n) is 4.83. The summed E-state index contributed by atoms with van der Waals surface area (Å²) in [5, 5.41) is 8.76. The van der Waals surface area contributed by atoms with Crippen molar-refractivity contribution in [1.82, 2.24) is 20.6 Å². The molecule has 0 saturated carbocycles. The minimum Gasteiger partial charge on any atom is -0.385 e. The van der Waals surface area contributed by atoms with Crippen molar-refractivity contribution in [3.05, 3.63) is 65.2 Å². The molecule has 0 aliphatic carbocycles. The van der Waals surface area contributed by atoms with Gasteiger partial charge in [-0.1, -0.05) is 24.8 Å². The number of aromatic amines is 2. The van der Waals surface area contributed by atoms with Crippen molar-refractivity contribution in [3.8, 4) is 11.4 Å². The minimum atomic E-state index is 0.00692. The van der Waals surface area contributed by atoms with Crippen LogP contribution in [0.5, 0.6) is 0 Å². The molecule has 5 nitrogen and oxygen atoms in total. The van der Waals surface area contributed by atoms with Gasteiger partial charge < -0.3 is 20.6 Å². The Labute approximate surface area is 161 Å². The maximum Gasteiger partial charge on any atom is 0.251 e. The number of aromatic nitrogens is 2. The second kappa shape index (κ2) is 5.52. The van der Waals surface area contributed by atoms with Crippen LogP contribution in [0.2, 0.25) is 0 Å². The number of rotatable bonds is 1. The average molecular weight is 368 g/mol. The van der Waals surface area contributed by atoms with Crippen molar-refractivity contribution in [2.24, 2.45) is 0 Å². The van der Waals surface area contributed by atoms with Crippen LogP contribution in [0.3, 0.4) is 0 Å². The molecular formula is C23H20N4O. The van der Waals surface area contributed by atoms with Crippen LogP contribution in [0.15, 0.2) is 43.0 Å². The Balaban J connectivity index is 1.70. The van der Waals surface area contributed by atoms with Gasteiger partial charge in [-0.15, -0.1) is 0 Å². The van der Waals surface area contributed by atoms with Gasteiger partial charge in [0.2, 0.25) is 0 Å². The SMILES string of the molecule is C=C1NCCc2c(-c3[nH]c4cccc5c4c3CCNC5=O)[nH]c3cccc1c23. The van der Waals surface area contributed by atoms with E-state index in [4.69, 9.17) is 0 Å². The van der Waals surface area contributed by atoms with Crippen LogP contribution in [0.1, 0.15) is 27.0 Å². The van der Waals surface area contributed by atoms with E-state index in [-0.39, 0.29) is 5.91 Å². The Morgan fingerprint density at radius 1 is 0.750 bits per heavy atom. The zero-order valence-electron chi connectivity index (χ0n) is 15.4. The third-order valence-electron chi connectivity index (χ3n) is 6.05. The summed E-state index contributed by atoms with van der Waals surface area (Å²) in [6.07, 6.45) is 1.73. The first kappa shape index (κ1) is 15.6. The van der Waals surface area contributed by atoms with E-state index in [2.05, 4.69) is 51.4 Å². The molecule has 1 amide bonds. The largest absolute Gasteiger partial charge is 0.385 e. The van der Waals surface area contributed by atoms with Gasteiger partial charge in [-0.25, -0.2) is 0 Å². The summed E-state index contributed by atoms with van der Waals surface area (Å²) >= 11 is 0. The number of amides is 1. The van der Waals surface area contributed by atoms with Crippen molar-refractivity contribution < 1.29 is 4.79 Å². The van der Waals surface area contributed by atoms with Crippen molar-refractivity contribution in [3.63, 3.8) is 0 Å². The molecule has 4 aromatic rings. The predicted molar refractivity (Wildman–Crippen MR) is 112 cm³/mol. The Morgan fingerprint density at radius 2 is 1.32 bits per heavy atom. The fraction of sp³-hybridized carbons (Fsp3) is 0.174. The Hall–Kier alpha value is -3.47. The van der Waals surface area contributed by atoms with E-state index in [1.807, 2.05) is 12.1 Å². The quantitative estimate of drug-likeness (QED) is 0.413.